The van der Waals surface area contributed by atoms with E-state index in [9.17, 15) is 14.4 Å². The fraction of sp³-hybridized carbons (Fsp3) is 0.0769. The van der Waals surface area contributed by atoms with Gasteiger partial charge >= 0.3 is 11.9 Å². The number of nitrogens with two attached hydrogens (primary N) is 1. The third-order valence-electron chi connectivity index (χ3n) is 5.19. The summed E-state index contributed by atoms with van der Waals surface area (Å²) in [6.07, 6.45) is -0.118. The minimum absolute atomic E-state index is 0.0145. The minimum atomic E-state index is -0.946. The Hall–Kier alpha value is -4.92. The first kappa shape index (κ1) is 23.2. The molecule has 9 nitrogen and oxygen atoms in total. The molecule has 1 aromatic heterocycles. The number of esters is 1. The number of nitrogens with one attached hydrogen (secondary N) is 2. The molecule has 1 amide bonds. The van der Waals surface area contributed by atoms with E-state index < -0.39 is 11.9 Å². The summed E-state index contributed by atoms with van der Waals surface area (Å²) in [6.45, 7) is 0.0530. The average Bonchev–Trinajstić information content (AvgIpc) is 3.31. The number of nitrogen functional groups attached to an aromatic ring is 1. The zero-order chi connectivity index (χ0) is 24.9. The third-order valence-corrected chi connectivity index (χ3v) is 5.19. The van der Waals surface area contributed by atoms with Crippen molar-refractivity contribution in [2.75, 3.05) is 0 Å². The van der Waals surface area contributed by atoms with Crippen LogP contribution in [0.3, 0.4) is 0 Å². The van der Waals surface area contributed by atoms with Crippen molar-refractivity contribution in [2.24, 2.45) is 5.73 Å². The maximum absolute atomic E-state index is 12.5. The van der Waals surface area contributed by atoms with Crippen LogP contribution in [0.25, 0.3) is 10.8 Å². The van der Waals surface area contributed by atoms with E-state index in [1.807, 2.05) is 0 Å². The van der Waals surface area contributed by atoms with E-state index in [-0.39, 0.29) is 30.5 Å². The fourth-order valence-electron chi connectivity index (χ4n) is 3.41. The lowest BCUT2D eigenvalue weighted by molar-refractivity contribution is -0.136. The van der Waals surface area contributed by atoms with Crippen LogP contribution in [0.4, 0.5) is 0 Å². The summed E-state index contributed by atoms with van der Waals surface area (Å²) in [5.41, 5.74) is 7.09. The number of hydrogen-bond donors (Lipinski definition) is 4. The molecule has 35 heavy (non-hydrogen) atoms. The normalized spacial score (nSPS) is 10.6. The molecule has 3 aromatic carbocycles. The second-order valence-electron chi connectivity index (χ2n) is 7.74. The number of hydrogen-bond acceptors (Lipinski definition) is 6. The molecule has 1 heterocycles. The number of carbonyl (C=O) groups is 3. The summed E-state index contributed by atoms with van der Waals surface area (Å²) in [5.74, 6) is -1.34. The smallest absolute Gasteiger partial charge is 0.379 e. The molecule has 0 saturated heterocycles. The van der Waals surface area contributed by atoms with E-state index in [4.69, 9.17) is 25.4 Å². The summed E-state index contributed by atoms with van der Waals surface area (Å²) in [7, 11) is 0. The molecule has 5 N–H and O–H groups in total. The standard InChI is InChI=1S/C26H21N3O6/c27-24(28)19-6-5-18-13-20(8-7-17(18)12-19)35-26(33)22-10-9-21(34-22)14-29-25(32)16-3-1-15(2-4-16)11-23(30)31/h1-10,12-13H,11,14H2,(H3,27,28)(H,29,32)(H,30,31). The Morgan fingerprint density at radius 2 is 1.60 bits per heavy atom. The quantitative estimate of drug-likeness (QED) is 0.133. The number of fused-ring (bicyclic) bond motifs is 1. The van der Waals surface area contributed by atoms with Crippen LogP contribution in [0.2, 0.25) is 0 Å². The van der Waals surface area contributed by atoms with Crippen LogP contribution in [0, 0.1) is 5.41 Å². The number of carboxylic acid groups (broad SMARTS) is 1. The van der Waals surface area contributed by atoms with Gasteiger partial charge in [-0.2, -0.15) is 0 Å². The van der Waals surface area contributed by atoms with Gasteiger partial charge in [0.1, 0.15) is 17.3 Å². The van der Waals surface area contributed by atoms with Crippen LogP contribution in [0.5, 0.6) is 5.75 Å². The lowest BCUT2D eigenvalue weighted by Gasteiger charge is -2.06. The second kappa shape index (κ2) is 9.92. The third kappa shape index (κ3) is 5.72. The van der Waals surface area contributed by atoms with Gasteiger partial charge in [-0.25, -0.2) is 4.79 Å². The van der Waals surface area contributed by atoms with Crippen LogP contribution >= 0.6 is 0 Å². The molecule has 0 aliphatic carbocycles. The number of rotatable bonds is 8. The summed E-state index contributed by atoms with van der Waals surface area (Å²) >= 11 is 0. The molecule has 176 valence electrons. The van der Waals surface area contributed by atoms with Gasteiger partial charge in [-0.1, -0.05) is 30.3 Å². The zero-order valence-electron chi connectivity index (χ0n) is 18.4. The first-order valence-corrected chi connectivity index (χ1v) is 10.6. The Bertz CT molecular complexity index is 1440. The second-order valence-corrected chi connectivity index (χ2v) is 7.74. The Balaban J connectivity index is 1.35. The van der Waals surface area contributed by atoms with Gasteiger partial charge in [0.25, 0.3) is 5.91 Å². The number of ether oxygens (including phenoxy) is 1. The first-order chi connectivity index (χ1) is 16.8. The summed E-state index contributed by atoms with van der Waals surface area (Å²) in [4.78, 5) is 35.6. The van der Waals surface area contributed by atoms with E-state index >= 15 is 0 Å². The monoisotopic (exact) mass is 471 g/mol. The van der Waals surface area contributed by atoms with Crippen molar-refractivity contribution in [3.63, 3.8) is 0 Å². The fourth-order valence-corrected chi connectivity index (χ4v) is 3.41. The van der Waals surface area contributed by atoms with Crippen molar-refractivity contribution in [3.05, 3.63) is 101 Å². The number of benzene rings is 3. The van der Waals surface area contributed by atoms with E-state index in [1.165, 1.54) is 6.07 Å². The molecule has 0 bridgehead atoms. The number of aliphatic carboxylic acids is 1. The summed E-state index contributed by atoms with van der Waals surface area (Å²) in [6, 6.07) is 19.7. The molecule has 0 fully saturated rings. The minimum Gasteiger partial charge on any atom is -0.481 e. The van der Waals surface area contributed by atoms with Crippen LogP contribution in [0.15, 0.2) is 77.2 Å². The predicted molar refractivity (Wildman–Crippen MR) is 128 cm³/mol. The van der Waals surface area contributed by atoms with Crippen molar-refractivity contribution < 1.29 is 28.6 Å². The summed E-state index contributed by atoms with van der Waals surface area (Å²) < 4.78 is 10.9. The van der Waals surface area contributed by atoms with Gasteiger partial charge in [-0.05, 0) is 58.8 Å². The molecule has 0 spiro atoms. The highest BCUT2D eigenvalue weighted by Gasteiger charge is 2.15. The number of furan rings is 1. The highest BCUT2D eigenvalue weighted by Crippen LogP contribution is 2.23. The van der Waals surface area contributed by atoms with Crippen molar-refractivity contribution in [1.82, 2.24) is 5.32 Å². The molecule has 0 unspecified atom stereocenters. The topological polar surface area (TPSA) is 156 Å². The largest absolute Gasteiger partial charge is 0.481 e. The van der Waals surface area contributed by atoms with Gasteiger partial charge < -0.3 is 25.3 Å². The van der Waals surface area contributed by atoms with Gasteiger partial charge in [0, 0.05) is 11.1 Å². The van der Waals surface area contributed by atoms with Gasteiger partial charge in [-0.15, -0.1) is 0 Å². The molecular formula is C26H21N3O6. The molecule has 4 rings (SSSR count). The van der Waals surface area contributed by atoms with Gasteiger partial charge in [0.2, 0.25) is 5.76 Å². The van der Waals surface area contributed by atoms with Crippen molar-refractivity contribution in [2.45, 2.75) is 13.0 Å². The predicted octanol–water partition coefficient (Wildman–Crippen LogP) is 3.49. The Kier molecular flexibility index (Phi) is 6.59. The molecule has 0 aliphatic heterocycles. The van der Waals surface area contributed by atoms with Crippen LogP contribution < -0.4 is 15.8 Å². The lowest BCUT2D eigenvalue weighted by atomic mass is 10.1. The average molecular weight is 471 g/mol. The molecule has 4 aromatic rings. The maximum atomic E-state index is 12.5. The van der Waals surface area contributed by atoms with Crippen molar-refractivity contribution in [1.29, 1.82) is 5.41 Å². The maximum Gasteiger partial charge on any atom is 0.379 e. The summed E-state index contributed by atoms with van der Waals surface area (Å²) in [5, 5.41) is 20.7. The molecule has 0 atom stereocenters. The number of amidine groups is 1. The van der Waals surface area contributed by atoms with Crippen molar-refractivity contribution >= 4 is 34.5 Å². The van der Waals surface area contributed by atoms with Gasteiger partial charge in [0.15, 0.2) is 0 Å². The molecule has 0 aliphatic rings. The van der Waals surface area contributed by atoms with Gasteiger partial charge in [-0.3, -0.25) is 15.0 Å². The number of carbonyl (C=O) groups excluding carboxylic acids is 2. The molecule has 0 saturated carbocycles. The van der Waals surface area contributed by atoms with E-state index in [2.05, 4.69) is 5.32 Å². The van der Waals surface area contributed by atoms with E-state index in [0.29, 0.717) is 28.2 Å². The number of amides is 1. The molecular weight excluding hydrogens is 450 g/mol. The van der Waals surface area contributed by atoms with E-state index in [0.717, 1.165) is 10.8 Å². The Morgan fingerprint density at radius 1 is 0.914 bits per heavy atom. The highest BCUT2D eigenvalue weighted by molar-refractivity contribution is 5.99. The zero-order valence-corrected chi connectivity index (χ0v) is 18.4. The van der Waals surface area contributed by atoms with Gasteiger partial charge in [0.05, 0.1) is 13.0 Å². The SMILES string of the molecule is N=C(N)c1ccc2cc(OC(=O)c3ccc(CNC(=O)c4ccc(CC(=O)O)cc4)o3)ccc2c1. The van der Waals surface area contributed by atoms with Crippen LogP contribution in [-0.4, -0.2) is 28.8 Å². The molecule has 0 radical (unpaired) electrons. The lowest BCUT2D eigenvalue weighted by Crippen LogP contribution is -2.22. The Labute approximate surface area is 199 Å². The first-order valence-electron chi connectivity index (χ1n) is 10.6. The van der Waals surface area contributed by atoms with Crippen molar-refractivity contribution in [3.8, 4) is 5.75 Å². The van der Waals surface area contributed by atoms with E-state index in [1.54, 1.807) is 66.7 Å². The molecule has 9 heteroatoms. The highest BCUT2D eigenvalue weighted by atomic mass is 16.5. The number of carboxylic acids is 1. The Morgan fingerprint density at radius 3 is 2.31 bits per heavy atom. The van der Waals surface area contributed by atoms with Crippen LogP contribution in [0.1, 0.15) is 37.8 Å². The van der Waals surface area contributed by atoms with Crippen LogP contribution in [-0.2, 0) is 17.8 Å².